The molecule has 3 nitrogen and oxygen atoms in total. The molecule has 0 radical (unpaired) electrons. The molecule has 0 aromatic rings. The van der Waals surface area contributed by atoms with Gasteiger partial charge < -0.3 is 11.5 Å². The Kier molecular flexibility index (Phi) is 10.5. The molecule has 0 aromatic carbocycles. The molecule has 0 aliphatic rings. The van der Waals surface area contributed by atoms with Crippen molar-refractivity contribution in [3.63, 3.8) is 0 Å². The van der Waals surface area contributed by atoms with E-state index in [1.54, 1.807) is 31.2 Å². The van der Waals surface area contributed by atoms with Gasteiger partial charge in [-0.25, -0.2) is 0 Å². The van der Waals surface area contributed by atoms with Crippen molar-refractivity contribution in [3.05, 3.63) is 36.5 Å². The van der Waals surface area contributed by atoms with E-state index in [-0.39, 0.29) is 0 Å². The molecule has 0 spiro atoms. The number of carbonyl (C=O) groups is 1. The lowest BCUT2D eigenvalue weighted by Gasteiger charge is -2.06. The number of amides is 1. The zero-order valence-electron chi connectivity index (χ0n) is 9.16. The van der Waals surface area contributed by atoms with E-state index in [1.165, 1.54) is 0 Å². The first-order chi connectivity index (χ1) is 6.63. The molecule has 1 atom stereocenters. The molecular weight excluding hydrogens is 176 g/mol. The maximum Gasteiger partial charge on any atom is 0.238 e. The summed E-state index contributed by atoms with van der Waals surface area (Å²) in [5.74, 6) is -0.531. The average Bonchev–Trinajstić information content (AvgIpc) is 2.21. The van der Waals surface area contributed by atoms with Gasteiger partial charge in [0.1, 0.15) is 6.04 Å². The lowest BCUT2D eigenvalue weighted by molar-refractivity contribution is -0.118. The van der Waals surface area contributed by atoms with Crippen LogP contribution < -0.4 is 11.5 Å². The van der Waals surface area contributed by atoms with Gasteiger partial charge in [-0.05, 0) is 12.5 Å². The zero-order chi connectivity index (χ0) is 11.6. The molecule has 0 bridgehead atoms. The smallest absolute Gasteiger partial charge is 0.238 e. The number of nitrogens with two attached hydrogens (primary N) is 2. The molecule has 80 valence electrons. The van der Waals surface area contributed by atoms with Crippen LogP contribution in [0.15, 0.2) is 36.5 Å². The largest absolute Gasteiger partial charge is 0.368 e. The Morgan fingerprint density at radius 3 is 2.21 bits per heavy atom. The number of allylic oxidation sites excluding steroid dienone is 3. The SMILES string of the molecule is C=C/C=C\C(=C/C)C(N)C(N)=O.CC. The zero-order valence-corrected chi connectivity index (χ0v) is 9.16. The quantitative estimate of drug-likeness (QED) is 0.669. The van der Waals surface area contributed by atoms with Gasteiger partial charge in [0.25, 0.3) is 0 Å². The maximum atomic E-state index is 10.7. The first kappa shape index (κ1) is 15.1. The number of carbonyl (C=O) groups excluding carboxylic acids is 1. The van der Waals surface area contributed by atoms with E-state index in [9.17, 15) is 4.79 Å². The minimum atomic E-state index is -0.730. The molecule has 0 aliphatic heterocycles. The predicted octanol–water partition coefficient (Wildman–Crippen LogP) is 1.51. The summed E-state index contributed by atoms with van der Waals surface area (Å²) in [5, 5.41) is 0. The normalized spacial score (nSPS) is 13.0. The van der Waals surface area contributed by atoms with Gasteiger partial charge in [-0.15, -0.1) is 0 Å². The molecule has 0 aliphatic carbocycles. The Bertz CT molecular complexity index is 229. The van der Waals surface area contributed by atoms with Gasteiger partial charge in [0.15, 0.2) is 0 Å². The van der Waals surface area contributed by atoms with Gasteiger partial charge in [0.05, 0.1) is 0 Å². The number of primary amides is 1. The molecule has 4 N–H and O–H groups in total. The molecule has 0 saturated heterocycles. The van der Waals surface area contributed by atoms with Crippen LogP contribution in [0, 0.1) is 0 Å². The lowest BCUT2D eigenvalue weighted by Crippen LogP contribution is -2.37. The molecular formula is C11H20N2O. The molecule has 0 saturated carbocycles. The van der Waals surface area contributed by atoms with Gasteiger partial charge in [-0.2, -0.15) is 0 Å². The Balaban J connectivity index is 0. The summed E-state index contributed by atoms with van der Waals surface area (Å²) in [6.45, 7) is 9.30. The Morgan fingerprint density at radius 2 is 1.93 bits per heavy atom. The van der Waals surface area contributed by atoms with Gasteiger partial charge in [-0.1, -0.05) is 44.7 Å². The van der Waals surface area contributed by atoms with Crippen molar-refractivity contribution in [2.45, 2.75) is 26.8 Å². The average molecular weight is 196 g/mol. The second kappa shape index (κ2) is 9.74. The topological polar surface area (TPSA) is 69.1 Å². The molecule has 0 fully saturated rings. The summed E-state index contributed by atoms with van der Waals surface area (Å²) in [6, 6.07) is -0.730. The van der Waals surface area contributed by atoms with Crippen LogP contribution in [0.1, 0.15) is 20.8 Å². The minimum absolute atomic E-state index is 0.531. The van der Waals surface area contributed by atoms with Crippen LogP contribution in [-0.2, 0) is 4.79 Å². The second-order valence-electron chi connectivity index (χ2n) is 2.26. The standard InChI is InChI=1S/C9H14N2O.C2H6/c1-3-5-6-7(4-2)8(10)9(11)12;1-2/h3-6,8H,1,10H2,2H3,(H2,11,12);1-2H3/b6-5-,7-4+;. The third kappa shape index (κ3) is 6.20. The van der Waals surface area contributed by atoms with Crippen LogP contribution in [-0.4, -0.2) is 11.9 Å². The van der Waals surface area contributed by atoms with E-state index in [2.05, 4.69) is 6.58 Å². The fourth-order valence-electron chi connectivity index (χ4n) is 0.723. The summed E-state index contributed by atoms with van der Waals surface area (Å²) in [6.07, 6.45) is 6.77. The fraction of sp³-hybridized carbons (Fsp3) is 0.364. The van der Waals surface area contributed by atoms with Gasteiger partial charge >= 0.3 is 0 Å². The molecule has 0 aromatic heterocycles. The fourth-order valence-corrected chi connectivity index (χ4v) is 0.723. The van der Waals surface area contributed by atoms with Crippen molar-refractivity contribution in [3.8, 4) is 0 Å². The van der Waals surface area contributed by atoms with Crippen molar-refractivity contribution in [2.24, 2.45) is 11.5 Å². The van der Waals surface area contributed by atoms with Crippen LogP contribution >= 0.6 is 0 Å². The third-order valence-corrected chi connectivity index (χ3v) is 1.42. The molecule has 1 amide bonds. The monoisotopic (exact) mass is 196 g/mol. The number of hydrogen-bond donors (Lipinski definition) is 2. The van der Waals surface area contributed by atoms with Crippen LogP contribution in [0.4, 0.5) is 0 Å². The highest BCUT2D eigenvalue weighted by atomic mass is 16.1. The Morgan fingerprint density at radius 1 is 1.43 bits per heavy atom. The lowest BCUT2D eigenvalue weighted by atomic mass is 10.1. The maximum absolute atomic E-state index is 10.7. The highest BCUT2D eigenvalue weighted by Gasteiger charge is 2.10. The molecule has 1 unspecified atom stereocenters. The molecule has 3 heteroatoms. The highest BCUT2D eigenvalue weighted by molar-refractivity contribution is 5.83. The van der Waals surface area contributed by atoms with E-state index < -0.39 is 11.9 Å². The van der Waals surface area contributed by atoms with E-state index in [0.29, 0.717) is 5.57 Å². The minimum Gasteiger partial charge on any atom is -0.368 e. The number of rotatable bonds is 4. The first-order valence-corrected chi connectivity index (χ1v) is 4.63. The van der Waals surface area contributed by atoms with Crippen LogP contribution in [0.5, 0.6) is 0 Å². The van der Waals surface area contributed by atoms with E-state index >= 15 is 0 Å². The summed E-state index contributed by atoms with van der Waals surface area (Å²) >= 11 is 0. The Labute approximate surface area is 86.2 Å². The van der Waals surface area contributed by atoms with Crippen LogP contribution in [0.25, 0.3) is 0 Å². The van der Waals surface area contributed by atoms with E-state index in [1.807, 2.05) is 13.8 Å². The Hall–Kier alpha value is -1.35. The third-order valence-electron chi connectivity index (χ3n) is 1.42. The first-order valence-electron chi connectivity index (χ1n) is 4.63. The van der Waals surface area contributed by atoms with E-state index in [0.717, 1.165) is 0 Å². The highest BCUT2D eigenvalue weighted by Crippen LogP contribution is 2.01. The van der Waals surface area contributed by atoms with Gasteiger partial charge in [-0.3, -0.25) is 4.79 Å². The summed E-state index contributed by atoms with van der Waals surface area (Å²) in [4.78, 5) is 10.7. The molecule has 14 heavy (non-hydrogen) atoms. The molecule has 0 rings (SSSR count). The van der Waals surface area contributed by atoms with Crippen molar-refractivity contribution < 1.29 is 4.79 Å². The van der Waals surface area contributed by atoms with Gasteiger partial charge in [0.2, 0.25) is 5.91 Å². The van der Waals surface area contributed by atoms with Crippen LogP contribution in [0.3, 0.4) is 0 Å². The van der Waals surface area contributed by atoms with Crippen molar-refractivity contribution in [2.75, 3.05) is 0 Å². The van der Waals surface area contributed by atoms with Crippen molar-refractivity contribution in [1.82, 2.24) is 0 Å². The van der Waals surface area contributed by atoms with Crippen molar-refractivity contribution >= 4 is 5.91 Å². The van der Waals surface area contributed by atoms with Crippen LogP contribution in [0.2, 0.25) is 0 Å². The molecule has 0 heterocycles. The second-order valence-corrected chi connectivity index (χ2v) is 2.26. The summed E-state index contributed by atoms with van der Waals surface area (Å²) < 4.78 is 0. The van der Waals surface area contributed by atoms with Gasteiger partial charge in [0, 0.05) is 0 Å². The van der Waals surface area contributed by atoms with E-state index in [4.69, 9.17) is 11.5 Å². The summed E-state index contributed by atoms with van der Waals surface area (Å²) in [5.41, 5.74) is 11.2. The number of hydrogen-bond acceptors (Lipinski definition) is 2. The van der Waals surface area contributed by atoms with Crippen molar-refractivity contribution in [1.29, 1.82) is 0 Å². The predicted molar refractivity (Wildman–Crippen MR) is 61.6 cm³/mol. The summed E-state index contributed by atoms with van der Waals surface area (Å²) in [7, 11) is 0.